The molecule has 100 valence electrons. The first kappa shape index (κ1) is 14.4. The Bertz CT molecular complexity index is 407. The molecule has 0 heterocycles. The van der Waals surface area contributed by atoms with Gasteiger partial charge in [0, 0.05) is 12.1 Å². The lowest BCUT2D eigenvalue weighted by Gasteiger charge is -2.16. The number of nitrogens with one attached hydrogen (secondary N) is 1. The van der Waals surface area contributed by atoms with Crippen molar-refractivity contribution in [2.24, 2.45) is 0 Å². The predicted molar refractivity (Wildman–Crippen MR) is 71.1 cm³/mol. The zero-order chi connectivity index (χ0) is 13.5. The van der Waals surface area contributed by atoms with Gasteiger partial charge in [-0.2, -0.15) is 0 Å². The van der Waals surface area contributed by atoms with Crippen LogP contribution < -0.4 is 10.1 Å². The maximum atomic E-state index is 10.8. The van der Waals surface area contributed by atoms with Crippen LogP contribution in [0.5, 0.6) is 5.75 Å². The molecular weight excluding hydrogens is 232 g/mol. The lowest BCUT2D eigenvalue weighted by Crippen LogP contribution is -2.30. The molecule has 1 aromatic carbocycles. The molecule has 1 rings (SSSR count). The van der Waals surface area contributed by atoms with Gasteiger partial charge in [-0.25, -0.2) is 0 Å². The van der Waals surface area contributed by atoms with Gasteiger partial charge in [-0.3, -0.25) is 10.1 Å². The third kappa shape index (κ3) is 3.70. The van der Waals surface area contributed by atoms with Crippen LogP contribution in [0.3, 0.4) is 0 Å². The number of nitrogens with zero attached hydrogens (tertiary/aromatic N) is 1. The van der Waals surface area contributed by atoms with E-state index in [1.807, 2.05) is 0 Å². The highest BCUT2D eigenvalue weighted by molar-refractivity contribution is 5.48. The molecule has 18 heavy (non-hydrogen) atoms. The van der Waals surface area contributed by atoms with Gasteiger partial charge in [0.2, 0.25) is 0 Å². The Morgan fingerprint density at radius 3 is 2.67 bits per heavy atom. The quantitative estimate of drug-likeness (QED) is 0.598. The van der Waals surface area contributed by atoms with Crippen LogP contribution in [0.25, 0.3) is 0 Å². The topological polar surface area (TPSA) is 64.4 Å². The van der Waals surface area contributed by atoms with E-state index < -0.39 is 4.92 Å². The van der Waals surface area contributed by atoms with Gasteiger partial charge < -0.3 is 10.1 Å². The summed E-state index contributed by atoms with van der Waals surface area (Å²) < 4.78 is 5.06. The maximum absolute atomic E-state index is 10.8. The summed E-state index contributed by atoms with van der Waals surface area (Å²) in [7, 11) is 1.45. The summed E-state index contributed by atoms with van der Waals surface area (Å²) in [6, 6.07) is 5.44. The molecule has 5 nitrogen and oxygen atoms in total. The fourth-order valence-corrected chi connectivity index (χ4v) is 1.93. The van der Waals surface area contributed by atoms with E-state index in [-0.39, 0.29) is 5.69 Å². The first-order chi connectivity index (χ1) is 8.62. The predicted octanol–water partition coefficient (Wildman–Crippen LogP) is 2.53. The first-order valence-corrected chi connectivity index (χ1v) is 6.17. The molecule has 0 aromatic heterocycles. The number of benzene rings is 1. The second-order valence-electron chi connectivity index (χ2n) is 4.13. The summed E-state index contributed by atoms with van der Waals surface area (Å²) in [5, 5.41) is 14.2. The third-order valence-electron chi connectivity index (χ3n) is 2.91. The second-order valence-corrected chi connectivity index (χ2v) is 4.13. The van der Waals surface area contributed by atoms with Crippen molar-refractivity contribution in [3.8, 4) is 5.75 Å². The van der Waals surface area contributed by atoms with E-state index in [2.05, 4.69) is 19.2 Å². The molecular formula is C13H20N2O3. The maximum Gasteiger partial charge on any atom is 0.310 e. The molecule has 1 N–H and O–H groups in total. The highest BCUT2D eigenvalue weighted by Crippen LogP contribution is 2.28. The molecule has 0 saturated carbocycles. The Balaban J connectivity index is 2.88. The summed E-state index contributed by atoms with van der Waals surface area (Å²) in [4.78, 5) is 10.4. The van der Waals surface area contributed by atoms with Crippen molar-refractivity contribution >= 4 is 5.69 Å². The minimum absolute atomic E-state index is 0.0118. The fraction of sp³-hybridized carbons (Fsp3) is 0.538. The van der Waals surface area contributed by atoms with Gasteiger partial charge in [0.05, 0.1) is 12.0 Å². The molecule has 0 bridgehead atoms. The average molecular weight is 252 g/mol. The third-order valence-corrected chi connectivity index (χ3v) is 2.91. The number of hydrogen-bond acceptors (Lipinski definition) is 4. The number of hydrogen-bond donors (Lipinski definition) is 1. The Morgan fingerprint density at radius 1 is 1.44 bits per heavy atom. The van der Waals surface area contributed by atoms with Crippen molar-refractivity contribution < 1.29 is 9.66 Å². The minimum Gasteiger partial charge on any atom is -0.490 e. The van der Waals surface area contributed by atoms with Crippen LogP contribution >= 0.6 is 0 Å². The molecule has 1 unspecified atom stereocenters. The van der Waals surface area contributed by atoms with Crippen molar-refractivity contribution in [1.29, 1.82) is 0 Å². The minimum atomic E-state index is -0.426. The van der Waals surface area contributed by atoms with Gasteiger partial charge in [-0.15, -0.1) is 0 Å². The standard InChI is InChI=1S/C13H20N2O3/c1-4-11(14-5-2)8-10-6-7-12(15(16)17)13(9-10)18-3/h6-7,9,11,14H,4-5,8H2,1-3H3. The van der Waals surface area contributed by atoms with E-state index in [1.54, 1.807) is 12.1 Å². The molecule has 0 fully saturated rings. The van der Waals surface area contributed by atoms with Gasteiger partial charge >= 0.3 is 5.69 Å². The highest BCUT2D eigenvalue weighted by Gasteiger charge is 2.15. The number of ether oxygens (including phenoxy) is 1. The molecule has 0 aliphatic heterocycles. The summed E-state index contributed by atoms with van der Waals surface area (Å²) in [5.41, 5.74) is 1.06. The molecule has 0 aliphatic rings. The molecule has 1 aromatic rings. The Labute approximate surface area is 107 Å². The summed E-state index contributed by atoms with van der Waals surface area (Å²) in [6.07, 6.45) is 1.87. The monoisotopic (exact) mass is 252 g/mol. The van der Waals surface area contributed by atoms with Crippen LogP contribution in [0.2, 0.25) is 0 Å². The van der Waals surface area contributed by atoms with Crippen molar-refractivity contribution in [3.05, 3.63) is 33.9 Å². The Morgan fingerprint density at radius 2 is 2.17 bits per heavy atom. The summed E-state index contributed by atoms with van der Waals surface area (Å²) >= 11 is 0. The zero-order valence-corrected chi connectivity index (χ0v) is 11.1. The highest BCUT2D eigenvalue weighted by atomic mass is 16.6. The van der Waals surface area contributed by atoms with E-state index in [0.717, 1.165) is 24.9 Å². The van der Waals surface area contributed by atoms with Crippen molar-refractivity contribution in [3.63, 3.8) is 0 Å². The largest absolute Gasteiger partial charge is 0.490 e. The smallest absolute Gasteiger partial charge is 0.310 e. The first-order valence-electron chi connectivity index (χ1n) is 6.17. The van der Waals surface area contributed by atoms with Gasteiger partial charge in [0.25, 0.3) is 0 Å². The Hall–Kier alpha value is -1.62. The van der Waals surface area contributed by atoms with Gasteiger partial charge in [0.15, 0.2) is 5.75 Å². The number of rotatable bonds is 7. The van der Waals surface area contributed by atoms with E-state index >= 15 is 0 Å². The van der Waals surface area contributed by atoms with Crippen LogP contribution in [0.1, 0.15) is 25.8 Å². The lowest BCUT2D eigenvalue weighted by molar-refractivity contribution is -0.385. The van der Waals surface area contributed by atoms with Crippen LogP contribution in [-0.4, -0.2) is 24.6 Å². The van der Waals surface area contributed by atoms with Crippen LogP contribution in [0.15, 0.2) is 18.2 Å². The molecule has 5 heteroatoms. The SMILES string of the molecule is CCNC(CC)Cc1ccc([N+](=O)[O-])c(OC)c1. The number of nitro groups is 1. The molecule has 0 radical (unpaired) electrons. The number of methoxy groups -OCH3 is 1. The second kappa shape index (κ2) is 6.96. The van der Waals surface area contributed by atoms with Crippen LogP contribution in [0, 0.1) is 10.1 Å². The number of likely N-dealkylation sites (N-methyl/N-ethyl adjacent to an activating group) is 1. The molecule has 0 aliphatic carbocycles. The van der Waals surface area contributed by atoms with Gasteiger partial charge in [-0.1, -0.05) is 19.9 Å². The summed E-state index contributed by atoms with van der Waals surface area (Å²) in [5.74, 6) is 0.323. The Kier molecular flexibility index (Phi) is 5.58. The van der Waals surface area contributed by atoms with Crippen molar-refractivity contribution in [2.45, 2.75) is 32.7 Å². The van der Waals surface area contributed by atoms with Gasteiger partial charge in [-0.05, 0) is 31.0 Å². The molecule has 0 amide bonds. The fourth-order valence-electron chi connectivity index (χ4n) is 1.93. The van der Waals surface area contributed by atoms with Crippen molar-refractivity contribution in [2.75, 3.05) is 13.7 Å². The normalized spacial score (nSPS) is 12.2. The lowest BCUT2D eigenvalue weighted by atomic mass is 10.0. The van der Waals surface area contributed by atoms with E-state index in [9.17, 15) is 10.1 Å². The average Bonchev–Trinajstić information content (AvgIpc) is 2.37. The van der Waals surface area contributed by atoms with E-state index in [1.165, 1.54) is 13.2 Å². The van der Waals surface area contributed by atoms with Crippen LogP contribution in [-0.2, 0) is 6.42 Å². The zero-order valence-electron chi connectivity index (χ0n) is 11.1. The van der Waals surface area contributed by atoms with Crippen LogP contribution in [0.4, 0.5) is 5.69 Å². The molecule has 1 atom stereocenters. The number of nitro benzene ring substituents is 1. The molecule has 0 saturated heterocycles. The van der Waals surface area contributed by atoms with Crippen molar-refractivity contribution in [1.82, 2.24) is 5.32 Å². The molecule has 0 spiro atoms. The van der Waals surface area contributed by atoms with E-state index in [4.69, 9.17) is 4.74 Å². The van der Waals surface area contributed by atoms with Gasteiger partial charge in [0.1, 0.15) is 0 Å². The summed E-state index contributed by atoms with van der Waals surface area (Å²) in [6.45, 7) is 5.11. The van der Waals surface area contributed by atoms with E-state index in [0.29, 0.717) is 11.8 Å².